The van der Waals surface area contributed by atoms with Crippen LogP contribution in [-0.2, 0) is 10.5 Å². The van der Waals surface area contributed by atoms with Crippen molar-refractivity contribution in [3.8, 4) is 0 Å². The molecular weight excluding hydrogens is 256 g/mol. The molecule has 0 fully saturated rings. The van der Waals surface area contributed by atoms with E-state index in [1.165, 1.54) is 0 Å². The molecule has 0 saturated carbocycles. The number of aromatic nitrogens is 1. The zero-order valence-corrected chi connectivity index (χ0v) is 11.3. The summed E-state index contributed by atoms with van der Waals surface area (Å²) in [7, 11) is 0. The molecule has 0 aliphatic heterocycles. The topological polar surface area (TPSA) is 71.5 Å². The second-order valence-electron chi connectivity index (χ2n) is 4.56. The molecule has 1 aromatic carbocycles. The van der Waals surface area contributed by atoms with Crippen LogP contribution in [0.1, 0.15) is 18.1 Å². The van der Waals surface area contributed by atoms with Crippen molar-refractivity contribution < 1.29 is 14.6 Å². The van der Waals surface area contributed by atoms with E-state index in [2.05, 4.69) is 10.3 Å². The summed E-state index contributed by atoms with van der Waals surface area (Å²) in [5, 5.41) is 12.0. The summed E-state index contributed by atoms with van der Waals surface area (Å²) in [6, 6.07) is 12.8. The van der Waals surface area contributed by atoms with E-state index in [9.17, 15) is 4.79 Å². The van der Waals surface area contributed by atoms with Gasteiger partial charge < -0.3 is 15.2 Å². The zero-order chi connectivity index (χ0) is 14.6. The van der Waals surface area contributed by atoms with Gasteiger partial charge in [0.25, 0.3) is 0 Å². The molecule has 0 bridgehead atoms. The monoisotopic (exact) mass is 272 g/mol. The van der Waals surface area contributed by atoms with Gasteiger partial charge in [-0.15, -0.1) is 0 Å². The number of pyridine rings is 1. The third kappa shape index (κ3) is 3.06. The third-order valence-electron chi connectivity index (χ3n) is 2.98. The van der Waals surface area contributed by atoms with Gasteiger partial charge in [-0.1, -0.05) is 36.4 Å². The molecule has 5 heteroatoms. The Kier molecular flexibility index (Phi) is 3.89. The lowest BCUT2D eigenvalue weighted by Crippen LogP contribution is -2.37. The van der Waals surface area contributed by atoms with Gasteiger partial charge in [-0.05, 0) is 25.5 Å². The van der Waals surface area contributed by atoms with Gasteiger partial charge in [-0.3, -0.25) is 0 Å². The highest BCUT2D eigenvalue weighted by Gasteiger charge is 2.31. The fraction of sp³-hybridized carbons (Fsp3) is 0.200. The maximum absolute atomic E-state index is 11.0. The molecule has 5 nitrogen and oxygen atoms in total. The highest BCUT2D eigenvalue weighted by atomic mass is 16.7. The number of carboxylic acid groups (broad SMARTS) is 1. The van der Waals surface area contributed by atoms with Crippen molar-refractivity contribution in [2.75, 3.05) is 5.32 Å². The number of aryl methyl sites for hydroxylation is 1. The van der Waals surface area contributed by atoms with Crippen LogP contribution < -0.4 is 5.32 Å². The molecule has 2 rings (SSSR count). The van der Waals surface area contributed by atoms with E-state index in [0.717, 1.165) is 5.56 Å². The predicted molar refractivity (Wildman–Crippen MR) is 75.5 cm³/mol. The van der Waals surface area contributed by atoms with Crippen molar-refractivity contribution in [3.63, 3.8) is 0 Å². The van der Waals surface area contributed by atoms with E-state index in [0.29, 0.717) is 11.4 Å². The van der Waals surface area contributed by atoms with E-state index >= 15 is 0 Å². The number of anilines is 1. The summed E-state index contributed by atoms with van der Waals surface area (Å²) >= 11 is 0. The molecular formula is C15H16N2O3. The first kappa shape index (κ1) is 13.9. The largest absolute Gasteiger partial charge is 0.508 e. The van der Waals surface area contributed by atoms with E-state index in [4.69, 9.17) is 9.84 Å². The predicted octanol–water partition coefficient (Wildman–Crippen LogP) is 3.37. The van der Waals surface area contributed by atoms with Crippen LogP contribution in [0.2, 0.25) is 0 Å². The summed E-state index contributed by atoms with van der Waals surface area (Å²) in [6.07, 6.45) is 0.291. The van der Waals surface area contributed by atoms with Crippen molar-refractivity contribution in [2.24, 2.45) is 0 Å². The minimum atomic E-state index is -1.35. The summed E-state index contributed by atoms with van der Waals surface area (Å²) in [5.74, 6) is 0.583. The third-order valence-corrected chi connectivity index (χ3v) is 2.98. The van der Waals surface area contributed by atoms with Gasteiger partial charge in [0.1, 0.15) is 5.82 Å². The molecule has 0 aliphatic rings. The van der Waals surface area contributed by atoms with Gasteiger partial charge in [-0.2, -0.15) is 0 Å². The summed E-state index contributed by atoms with van der Waals surface area (Å²) in [4.78, 5) is 15.2. The van der Waals surface area contributed by atoms with Gasteiger partial charge in [0.15, 0.2) is 0 Å². The van der Waals surface area contributed by atoms with Crippen LogP contribution >= 0.6 is 0 Å². The van der Waals surface area contributed by atoms with Crippen molar-refractivity contribution in [1.29, 1.82) is 0 Å². The van der Waals surface area contributed by atoms with Gasteiger partial charge in [-0.25, -0.2) is 9.78 Å². The standard InChI is InChI=1S/C15H16N2O3/c1-11-7-6-10-16-13(11)17-15(2,20-14(18)19)12-8-4-3-5-9-12/h3-10H,1-2H3,(H,16,17)(H,18,19). The summed E-state index contributed by atoms with van der Waals surface area (Å²) < 4.78 is 5.05. The van der Waals surface area contributed by atoms with Crippen LogP contribution in [0.5, 0.6) is 0 Å². The molecule has 1 unspecified atom stereocenters. The molecule has 20 heavy (non-hydrogen) atoms. The van der Waals surface area contributed by atoms with E-state index < -0.39 is 11.9 Å². The first-order chi connectivity index (χ1) is 9.51. The number of hydrogen-bond donors (Lipinski definition) is 2. The Morgan fingerprint density at radius 2 is 1.95 bits per heavy atom. The SMILES string of the molecule is Cc1cccnc1NC(C)(OC(=O)O)c1ccccc1. The van der Waals surface area contributed by atoms with Crippen LogP contribution in [0.3, 0.4) is 0 Å². The zero-order valence-electron chi connectivity index (χ0n) is 11.3. The average Bonchev–Trinajstić information content (AvgIpc) is 2.42. The van der Waals surface area contributed by atoms with Crippen LogP contribution in [-0.4, -0.2) is 16.2 Å². The van der Waals surface area contributed by atoms with Gasteiger partial charge >= 0.3 is 6.16 Å². The minimum Gasteiger partial charge on any atom is -0.450 e. The Labute approximate surface area is 117 Å². The molecule has 0 saturated heterocycles. The maximum atomic E-state index is 11.0. The quantitative estimate of drug-likeness (QED) is 0.659. The first-order valence-corrected chi connectivity index (χ1v) is 6.18. The van der Waals surface area contributed by atoms with Gasteiger partial charge in [0, 0.05) is 11.8 Å². The van der Waals surface area contributed by atoms with Crippen molar-refractivity contribution in [2.45, 2.75) is 19.6 Å². The fourth-order valence-electron chi connectivity index (χ4n) is 1.93. The molecule has 0 radical (unpaired) electrons. The Morgan fingerprint density at radius 1 is 1.25 bits per heavy atom. The van der Waals surface area contributed by atoms with Gasteiger partial charge in [0.05, 0.1) is 0 Å². The number of carbonyl (C=O) groups is 1. The van der Waals surface area contributed by atoms with Crippen molar-refractivity contribution in [3.05, 3.63) is 59.8 Å². The molecule has 0 spiro atoms. The Bertz CT molecular complexity index is 601. The van der Waals surface area contributed by atoms with Crippen molar-refractivity contribution in [1.82, 2.24) is 4.98 Å². The van der Waals surface area contributed by atoms with Crippen LogP contribution in [0.25, 0.3) is 0 Å². The molecule has 1 heterocycles. The maximum Gasteiger partial charge on any atom is 0.508 e. The normalized spacial score (nSPS) is 13.3. The second-order valence-corrected chi connectivity index (χ2v) is 4.56. The number of benzene rings is 1. The molecule has 1 atom stereocenters. The first-order valence-electron chi connectivity index (χ1n) is 6.18. The second kappa shape index (κ2) is 5.61. The summed E-state index contributed by atoms with van der Waals surface area (Å²) in [6.45, 7) is 3.55. The Hall–Kier alpha value is -2.56. The minimum absolute atomic E-state index is 0.583. The number of nitrogens with one attached hydrogen (secondary N) is 1. The van der Waals surface area contributed by atoms with E-state index in [1.54, 1.807) is 25.3 Å². The van der Waals surface area contributed by atoms with Crippen LogP contribution in [0.15, 0.2) is 48.7 Å². The Balaban J connectivity index is 2.38. The van der Waals surface area contributed by atoms with E-state index in [-0.39, 0.29) is 0 Å². The molecule has 104 valence electrons. The van der Waals surface area contributed by atoms with Gasteiger partial charge in [0.2, 0.25) is 5.72 Å². The average molecular weight is 272 g/mol. The number of hydrogen-bond acceptors (Lipinski definition) is 4. The van der Waals surface area contributed by atoms with E-state index in [1.807, 2.05) is 37.3 Å². The summed E-state index contributed by atoms with van der Waals surface area (Å²) in [5.41, 5.74) is 0.405. The molecule has 2 aromatic rings. The smallest absolute Gasteiger partial charge is 0.450 e. The Morgan fingerprint density at radius 3 is 2.55 bits per heavy atom. The van der Waals surface area contributed by atoms with Crippen molar-refractivity contribution >= 4 is 12.0 Å². The fourth-order valence-corrected chi connectivity index (χ4v) is 1.93. The lowest BCUT2D eigenvalue weighted by Gasteiger charge is -2.30. The number of ether oxygens (including phenoxy) is 1. The van der Waals surface area contributed by atoms with Crippen LogP contribution in [0.4, 0.5) is 10.6 Å². The molecule has 0 aliphatic carbocycles. The number of nitrogens with zero attached hydrogens (tertiary/aromatic N) is 1. The molecule has 1 aromatic heterocycles. The highest BCUT2D eigenvalue weighted by molar-refractivity contribution is 5.59. The lowest BCUT2D eigenvalue weighted by atomic mass is 10.0. The van der Waals surface area contributed by atoms with Crippen LogP contribution in [0, 0.1) is 6.92 Å². The molecule has 2 N–H and O–H groups in total. The number of rotatable bonds is 4. The lowest BCUT2D eigenvalue weighted by molar-refractivity contribution is 0.00653. The highest BCUT2D eigenvalue weighted by Crippen LogP contribution is 2.28. The molecule has 0 amide bonds.